The van der Waals surface area contributed by atoms with Crippen molar-refractivity contribution in [3.8, 4) is 0 Å². The third-order valence-electron chi connectivity index (χ3n) is 3.18. The van der Waals surface area contributed by atoms with E-state index in [4.69, 9.17) is 5.11 Å². The molecule has 1 aliphatic rings. The van der Waals surface area contributed by atoms with Crippen LogP contribution in [0.5, 0.6) is 0 Å². The van der Waals surface area contributed by atoms with Crippen molar-refractivity contribution in [1.82, 2.24) is 14.6 Å². The third-order valence-corrected chi connectivity index (χ3v) is 4.67. The minimum atomic E-state index is -3.65. The molecule has 7 nitrogen and oxygen atoms in total. The lowest BCUT2D eigenvalue weighted by atomic mass is 9.91. The number of aryl methyl sites for hydroxylation is 1. The second-order valence-electron chi connectivity index (χ2n) is 4.69. The highest BCUT2D eigenvalue weighted by Gasteiger charge is 2.32. The van der Waals surface area contributed by atoms with Gasteiger partial charge in [-0.3, -0.25) is 4.79 Å². The number of carbonyl (C=O) groups is 1. The van der Waals surface area contributed by atoms with E-state index in [-0.39, 0.29) is 22.5 Å². The largest absolute Gasteiger partial charge is 0.393 e. The lowest BCUT2D eigenvalue weighted by molar-refractivity contribution is 0.0712. The lowest BCUT2D eigenvalue weighted by Crippen LogP contribution is -2.46. The molecule has 0 spiro atoms. The standard InChI is InChI=1S/C11H17N3O4S/c1-12-11(16)10-5-9(6-14(10)2)19(17,18)13-7-3-8(15)4-7/h5-8,13,15H,3-4H2,1-2H3,(H,12,16). The normalized spacial score (nSPS) is 22.9. The first-order valence-corrected chi connectivity index (χ1v) is 7.40. The highest BCUT2D eigenvalue weighted by molar-refractivity contribution is 7.89. The summed E-state index contributed by atoms with van der Waals surface area (Å²) in [5.41, 5.74) is 0.275. The Bertz CT molecular complexity index is 587. The molecular formula is C11H17N3O4S. The van der Waals surface area contributed by atoms with Gasteiger partial charge in [0.25, 0.3) is 5.91 Å². The van der Waals surface area contributed by atoms with Crippen molar-refractivity contribution in [2.75, 3.05) is 7.05 Å². The zero-order valence-corrected chi connectivity index (χ0v) is 11.6. The fourth-order valence-corrected chi connectivity index (χ4v) is 3.34. The third kappa shape index (κ3) is 2.80. The number of carbonyl (C=O) groups excluding carboxylic acids is 1. The average Bonchev–Trinajstić information content (AvgIpc) is 2.69. The highest BCUT2D eigenvalue weighted by Crippen LogP contribution is 2.22. The first-order valence-electron chi connectivity index (χ1n) is 5.92. The van der Waals surface area contributed by atoms with E-state index in [1.54, 1.807) is 7.05 Å². The van der Waals surface area contributed by atoms with Crippen molar-refractivity contribution < 1.29 is 18.3 Å². The zero-order valence-electron chi connectivity index (χ0n) is 10.8. The Morgan fingerprint density at radius 3 is 2.63 bits per heavy atom. The van der Waals surface area contributed by atoms with Crippen molar-refractivity contribution in [2.24, 2.45) is 7.05 Å². The van der Waals surface area contributed by atoms with Crippen LogP contribution in [0.3, 0.4) is 0 Å². The van der Waals surface area contributed by atoms with E-state index in [1.807, 2.05) is 0 Å². The van der Waals surface area contributed by atoms with Crippen LogP contribution in [0, 0.1) is 0 Å². The SMILES string of the molecule is CNC(=O)c1cc(S(=O)(=O)NC2CC(O)C2)cn1C. The molecule has 1 aliphatic carbocycles. The van der Waals surface area contributed by atoms with Gasteiger partial charge in [0.1, 0.15) is 10.6 Å². The van der Waals surface area contributed by atoms with Crippen molar-refractivity contribution >= 4 is 15.9 Å². The number of aliphatic hydroxyl groups is 1. The Balaban J connectivity index is 2.19. The lowest BCUT2D eigenvalue weighted by Gasteiger charge is -2.31. The van der Waals surface area contributed by atoms with Crippen LogP contribution in [-0.2, 0) is 17.1 Å². The predicted octanol–water partition coefficient (Wildman–Crippen LogP) is -0.814. The van der Waals surface area contributed by atoms with Gasteiger partial charge < -0.3 is 15.0 Å². The van der Waals surface area contributed by atoms with Gasteiger partial charge in [0.05, 0.1) is 6.10 Å². The van der Waals surface area contributed by atoms with Crippen molar-refractivity contribution in [3.05, 3.63) is 18.0 Å². The number of hydrogen-bond acceptors (Lipinski definition) is 4. The maximum Gasteiger partial charge on any atom is 0.267 e. The topological polar surface area (TPSA) is 100 Å². The summed E-state index contributed by atoms with van der Waals surface area (Å²) in [5, 5.41) is 11.6. The molecule has 1 amide bonds. The van der Waals surface area contributed by atoms with Gasteiger partial charge in [0.2, 0.25) is 10.0 Å². The summed E-state index contributed by atoms with van der Waals surface area (Å²) < 4.78 is 28.1. The second-order valence-corrected chi connectivity index (χ2v) is 6.41. The monoisotopic (exact) mass is 287 g/mol. The molecule has 1 aromatic rings. The molecule has 0 aliphatic heterocycles. The molecule has 0 atom stereocenters. The minimum Gasteiger partial charge on any atom is -0.393 e. The van der Waals surface area contributed by atoms with Gasteiger partial charge in [-0.05, 0) is 18.9 Å². The molecule has 8 heteroatoms. The van der Waals surface area contributed by atoms with Crippen LogP contribution in [0.4, 0.5) is 0 Å². The number of sulfonamides is 1. The van der Waals surface area contributed by atoms with Gasteiger partial charge in [0, 0.05) is 26.3 Å². The van der Waals surface area contributed by atoms with Gasteiger partial charge >= 0.3 is 0 Å². The van der Waals surface area contributed by atoms with E-state index >= 15 is 0 Å². The summed E-state index contributed by atoms with van der Waals surface area (Å²) in [4.78, 5) is 11.6. The van der Waals surface area contributed by atoms with Crippen molar-refractivity contribution in [2.45, 2.75) is 29.9 Å². The van der Waals surface area contributed by atoms with Crippen LogP contribution in [0.1, 0.15) is 23.3 Å². The van der Waals surface area contributed by atoms with E-state index in [0.717, 1.165) is 0 Å². The Hall–Kier alpha value is -1.38. The van der Waals surface area contributed by atoms with E-state index in [1.165, 1.54) is 23.9 Å². The van der Waals surface area contributed by atoms with Gasteiger partial charge in [-0.2, -0.15) is 0 Å². The summed E-state index contributed by atoms with van der Waals surface area (Å²) >= 11 is 0. The number of aliphatic hydroxyl groups excluding tert-OH is 1. The molecule has 0 unspecified atom stereocenters. The Labute approximate surface area is 111 Å². The maximum atomic E-state index is 12.1. The van der Waals surface area contributed by atoms with E-state index in [2.05, 4.69) is 10.0 Å². The fourth-order valence-electron chi connectivity index (χ4n) is 2.01. The molecule has 1 heterocycles. The number of aromatic nitrogens is 1. The molecule has 2 rings (SSSR count). The Morgan fingerprint density at radius 1 is 1.47 bits per heavy atom. The average molecular weight is 287 g/mol. The van der Waals surface area contributed by atoms with Crippen LogP contribution in [0.15, 0.2) is 17.2 Å². The molecule has 0 radical (unpaired) electrons. The molecule has 106 valence electrons. The number of hydrogen-bond donors (Lipinski definition) is 3. The van der Waals surface area contributed by atoms with Crippen molar-refractivity contribution in [1.29, 1.82) is 0 Å². The van der Waals surface area contributed by atoms with Gasteiger partial charge in [-0.1, -0.05) is 0 Å². The van der Waals surface area contributed by atoms with Crippen molar-refractivity contribution in [3.63, 3.8) is 0 Å². The molecular weight excluding hydrogens is 270 g/mol. The Morgan fingerprint density at radius 2 is 2.11 bits per heavy atom. The molecule has 1 aromatic heterocycles. The molecule has 3 N–H and O–H groups in total. The number of amides is 1. The highest BCUT2D eigenvalue weighted by atomic mass is 32.2. The number of rotatable bonds is 4. The van der Waals surface area contributed by atoms with Gasteiger partial charge in [-0.15, -0.1) is 0 Å². The van der Waals surface area contributed by atoms with Crippen LogP contribution >= 0.6 is 0 Å². The van der Waals surface area contributed by atoms with Gasteiger partial charge in [-0.25, -0.2) is 13.1 Å². The van der Waals surface area contributed by atoms with E-state index in [0.29, 0.717) is 12.8 Å². The quantitative estimate of drug-likeness (QED) is 0.674. The predicted molar refractivity (Wildman–Crippen MR) is 68.2 cm³/mol. The first-order chi connectivity index (χ1) is 8.83. The molecule has 19 heavy (non-hydrogen) atoms. The second kappa shape index (κ2) is 4.95. The van der Waals surface area contributed by atoms with Crippen LogP contribution in [-0.4, -0.2) is 43.2 Å². The van der Waals surface area contributed by atoms with Gasteiger partial charge in [0.15, 0.2) is 0 Å². The van der Waals surface area contributed by atoms with Crippen LogP contribution in [0.2, 0.25) is 0 Å². The summed E-state index contributed by atoms with van der Waals surface area (Å²) in [5.74, 6) is -0.344. The number of nitrogens with one attached hydrogen (secondary N) is 2. The smallest absolute Gasteiger partial charge is 0.267 e. The zero-order chi connectivity index (χ0) is 14.2. The maximum absolute atomic E-state index is 12.1. The molecule has 0 saturated heterocycles. The summed E-state index contributed by atoms with van der Waals surface area (Å²) in [6, 6.07) is 1.10. The molecule has 0 aromatic carbocycles. The van der Waals surface area contributed by atoms with E-state index < -0.39 is 16.1 Å². The van der Waals surface area contributed by atoms with Crippen LogP contribution in [0.25, 0.3) is 0 Å². The fraction of sp³-hybridized carbons (Fsp3) is 0.545. The first kappa shape index (κ1) is 14.0. The van der Waals surface area contributed by atoms with E-state index in [9.17, 15) is 13.2 Å². The molecule has 1 saturated carbocycles. The van der Waals surface area contributed by atoms with Crippen LogP contribution < -0.4 is 10.0 Å². The summed E-state index contributed by atoms with van der Waals surface area (Å²) in [6.45, 7) is 0. The summed E-state index contributed by atoms with van der Waals surface area (Å²) in [7, 11) is -0.558. The molecule has 0 bridgehead atoms. The summed E-state index contributed by atoms with van der Waals surface area (Å²) in [6.07, 6.45) is 1.81. The molecule has 1 fully saturated rings. The Kier molecular flexibility index (Phi) is 3.66. The number of nitrogens with zero attached hydrogens (tertiary/aromatic N) is 1. The minimum absolute atomic E-state index is 0.0509.